The van der Waals surface area contributed by atoms with Crippen LogP contribution in [0.2, 0.25) is 0 Å². The minimum Gasteiger partial charge on any atom is -0.324 e. The van der Waals surface area contributed by atoms with Gasteiger partial charge >= 0.3 is 0 Å². The molecule has 0 bridgehead atoms. The highest BCUT2D eigenvalue weighted by Crippen LogP contribution is 2.60. The molecule has 2 N–H and O–H groups in total. The maximum atomic E-state index is 6.38. The Morgan fingerprint density at radius 1 is 1.27 bits per heavy atom. The van der Waals surface area contributed by atoms with Crippen LogP contribution >= 0.6 is 27.3 Å². The molecule has 3 atom stereocenters. The summed E-state index contributed by atoms with van der Waals surface area (Å²) in [6.45, 7) is 0. The van der Waals surface area contributed by atoms with Crippen LogP contribution in [-0.2, 0) is 0 Å². The maximum absolute atomic E-state index is 6.38. The molecule has 82 valence electrons. The Morgan fingerprint density at radius 2 is 1.93 bits per heavy atom. The van der Waals surface area contributed by atoms with Crippen molar-refractivity contribution in [1.82, 2.24) is 0 Å². The summed E-state index contributed by atoms with van der Waals surface area (Å²) in [6.07, 6.45) is 5.69. The van der Waals surface area contributed by atoms with E-state index in [0.717, 1.165) is 17.8 Å². The minimum absolute atomic E-state index is 0.277. The lowest BCUT2D eigenvalue weighted by Gasteiger charge is -2.10. The number of hydrogen-bond acceptors (Lipinski definition) is 2. The number of nitrogens with two attached hydrogens (primary N) is 1. The zero-order valence-electron chi connectivity index (χ0n) is 8.66. The first-order valence-electron chi connectivity index (χ1n) is 5.76. The first kappa shape index (κ1) is 10.3. The number of hydrogen-bond donors (Lipinski definition) is 1. The summed E-state index contributed by atoms with van der Waals surface area (Å²) in [5.41, 5.74) is 7.71. The highest BCUT2D eigenvalue weighted by Gasteiger charge is 2.53. The molecule has 0 amide bonds. The highest BCUT2D eigenvalue weighted by molar-refractivity contribution is 9.10. The maximum Gasteiger partial charge on any atom is 0.0348 e. The van der Waals surface area contributed by atoms with E-state index < -0.39 is 0 Å². The van der Waals surface area contributed by atoms with Crippen LogP contribution in [0.4, 0.5) is 0 Å². The quantitative estimate of drug-likeness (QED) is 0.875. The second kappa shape index (κ2) is 3.86. The predicted octanol–water partition coefficient (Wildman–Crippen LogP) is 3.95. The fourth-order valence-corrected chi connectivity index (χ4v) is 4.93. The lowest BCUT2D eigenvalue weighted by molar-refractivity contribution is 0.480. The van der Waals surface area contributed by atoms with Gasteiger partial charge in [0.1, 0.15) is 0 Å². The summed E-state index contributed by atoms with van der Waals surface area (Å²) < 4.78 is 1.21. The molecule has 0 spiro atoms. The van der Waals surface area contributed by atoms with Gasteiger partial charge in [-0.05, 0) is 57.5 Å². The van der Waals surface area contributed by atoms with Gasteiger partial charge in [0.15, 0.2) is 0 Å². The van der Waals surface area contributed by atoms with E-state index >= 15 is 0 Å². The molecule has 0 aromatic carbocycles. The van der Waals surface area contributed by atoms with Gasteiger partial charge in [-0.2, -0.15) is 11.3 Å². The standard InChI is InChI=1S/C12H16BrNS/c13-10-6-15-5-9(10)12(14)11-7-3-1-2-4-8(7)11/h5-8,11-12H,1-4,14H2. The predicted molar refractivity (Wildman–Crippen MR) is 67.9 cm³/mol. The first-order valence-corrected chi connectivity index (χ1v) is 7.50. The van der Waals surface area contributed by atoms with Crippen molar-refractivity contribution in [3.05, 3.63) is 20.8 Å². The molecular weight excluding hydrogens is 270 g/mol. The lowest BCUT2D eigenvalue weighted by atomic mass is 10.0. The zero-order valence-corrected chi connectivity index (χ0v) is 11.1. The summed E-state index contributed by atoms with van der Waals surface area (Å²) in [7, 11) is 0. The van der Waals surface area contributed by atoms with E-state index in [4.69, 9.17) is 5.73 Å². The van der Waals surface area contributed by atoms with Crippen molar-refractivity contribution < 1.29 is 0 Å². The third-order valence-corrected chi connectivity index (χ3v) is 5.89. The Bertz CT molecular complexity index is 350. The number of rotatable bonds is 2. The van der Waals surface area contributed by atoms with Crippen LogP contribution in [0.15, 0.2) is 15.2 Å². The highest BCUT2D eigenvalue weighted by atomic mass is 79.9. The summed E-state index contributed by atoms with van der Waals surface area (Å²) in [5.74, 6) is 2.67. The monoisotopic (exact) mass is 285 g/mol. The third-order valence-electron chi connectivity index (χ3n) is 4.14. The zero-order chi connectivity index (χ0) is 10.4. The van der Waals surface area contributed by atoms with Gasteiger partial charge < -0.3 is 5.73 Å². The Hall–Kier alpha value is 0.140. The number of fused-ring (bicyclic) bond motifs is 1. The normalized spacial score (nSPS) is 36.0. The van der Waals surface area contributed by atoms with Crippen LogP contribution in [0.1, 0.15) is 37.3 Å². The second-order valence-electron chi connectivity index (χ2n) is 4.89. The summed E-state index contributed by atoms with van der Waals surface area (Å²) in [4.78, 5) is 0. The fourth-order valence-electron chi connectivity index (χ4n) is 3.32. The molecule has 2 fully saturated rings. The molecular formula is C12H16BrNS. The summed E-state index contributed by atoms with van der Waals surface area (Å²) >= 11 is 5.34. The fraction of sp³-hybridized carbons (Fsp3) is 0.667. The van der Waals surface area contributed by atoms with E-state index in [2.05, 4.69) is 26.7 Å². The smallest absolute Gasteiger partial charge is 0.0348 e. The SMILES string of the molecule is NC(c1cscc1Br)C1C2CCCCC21. The van der Waals surface area contributed by atoms with Crippen LogP contribution in [0.25, 0.3) is 0 Å². The molecule has 3 heteroatoms. The van der Waals surface area contributed by atoms with Crippen molar-refractivity contribution in [3.8, 4) is 0 Å². The van der Waals surface area contributed by atoms with Gasteiger partial charge in [-0.15, -0.1) is 0 Å². The molecule has 3 unspecified atom stereocenters. The second-order valence-corrected chi connectivity index (χ2v) is 6.49. The van der Waals surface area contributed by atoms with Gasteiger partial charge in [-0.25, -0.2) is 0 Å². The van der Waals surface area contributed by atoms with Crippen LogP contribution < -0.4 is 5.73 Å². The summed E-state index contributed by atoms with van der Waals surface area (Å²) in [6, 6.07) is 0.277. The first-order chi connectivity index (χ1) is 7.29. The molecule has 1 aromatic heterocycles. The van der Waals surface area contributed by atoms with E-state index in [9.17, 15) is 0 Å². The molecule has 2 aliphatic rings. The largest absolute Gasteiger partial charge is 0.324 e. The molecule has 3 rings (SSSR count). The van der Waals surface area contributed by atoms with Gasteiger partial charge in [0.2, 0.25) is 0 Å². The van der Waals surface area contributed by atoms with Crippen molar-refractivity contribution in [2.45, 2.75) is 31.7 Å². The van der Waals surface area contributed by atoms with Gasteiger partial charge in [-0.3, -0.25) is 0 Å². The van der Waals surface area contributed by atoms with Crippen molar-refractivity contribution in [3.63, 3.8) is 0 Å². The molecule has 0 saturated heterocycles. The van der Waals surface area contributed by atoms with Gasteiger partial charge in [0, 0.05) is 15.9 Å². The molecule has 2 aliphatic carbocycles. The minimum atomic E-state index is 0.277. The van der Waals surface area contributed by atoms with E-state index in [1.54, 1.807) is 11.3 Å². The van der Waals surface area contributed by atoms with E-state index in [1.807, 2.05) is 0 Å². The van der Waals surface area contributed by atoms with Gasteiger partial charge in [0.25, 0.3) is 0 Å². The van der Waals surface area contributed by atoms with Crippen LogP contribution in [-0.4, -0.2) is 0 Å². The molecule has 15 heavy (non-hydrogen) atoms. The van der Waals surface area contributed by atoms with E-state index in [1.165, 1.54) is 35.7 Å². The topological polar surface area (TPSA) is 26.0 Å². The molecule has 0 radical (unpaired) electrons. The Labute approximate surface area is 103 Å². The third kappa shape index (κ3) is 1.69. The average Bonchev–Trinajstić information content (AvgIpc) is 2.83. The molecule has 1 nitrogen and oxygen atoms in total. The molecule has 2 saturated carbocycles. The van der Waals surface area contributed by atoms with Crippen molar-refractivity contribution in [1.29, 1.82) is 0 Å². The van der Waals surface area contributed by atoms with Crippen LogP contribution in [0.3, 0.4) is 0 Å². The van der Waals surface area contributed by atoms with Gasteiger partial charge in [0.05, 0.1) is 0 Å². The van der Waals surface area contributed by atoms with E-state index in [0.29, 0.717) is 0 Å². The van der Waals surface area contributed by atoms with Crippen LogP contribution in [0.5, 0.6) is 0 Å². The lowest BCUT2D eigenvalue weighted by Crippen LogP contribution is -2.13. The van der Waals surface area contributed by atoms with E-state index in [-0.39, 0.29) is 6.04 Å². The molecule has 0 aliphatic heterocycles. The Morgan fingerprint density at radius 3 is 2.47 bits per heavy atom. The molecule has 1 aromatic rings. The van der Waals surface area contributed by atoms with Crippen molar-refractivity contribution >= 4 is 27.3 Å². The summed E-state index contributed by atoms with van der Waals surface area (Å²) in [5, 5.41) is 4.35. The van der Waals surface area contributed by atoms with Crippen molar-refractivity contribution in [2.75, 3.05) is 0 Å². The number of thiophene rings is 1. The van der Waals surface area contributed by atoms with Crippen molar-refractivity contribution in [2.24, 2.45) is 23.5 Å². The molecule has 1 heterocycles. The number of halogens is 1. The average molecular weight is 286 g/mol. The van der Waals surface area contributed by atoms with Gasteiger partial charge in [-0.1, -0.05) is 12.8 Å². The Balaban J connectivity index is 1.76. The Kier molecular flexibility index (Phi) is 2.65. The van der Waals surface area contributed by atoms with Crippen LogP contribution in [0, 0.1) is 17.8 Å².